The molecule has 0 fully saturated rings. The van der Waals surface area contributed by atoms with Crippen LogP contribution in [0, 0.1) is 10.1 Å². The molecule has 6 heteroatoms. The van der Waals surface area contributed by atoms with Crippen molar-refractivity contribution in [1.82, 2.24) is 10.3 Å². The Kier molecular flexibility index (Phi) is 4.61. The number of pyridine rings is 1. The first-order valence-electron chi connectivity index (χ1n) is 6.49. The summed E-state index contributed by atoms with van der Waals surface area (Å²) in [6.45, 7) is 1.85. The van der Waals surface area contributed by atoms with Gasteiger partial charge in [0.2, 0.25) is 5.91 Å². The molecule has 1 atom stereocenters. The number of benzene rings is 1. The zero-order valence-electron chi connectivity index (χ0n) is 11.5. The van der Waals surface area contributed by atoms with Crippen LogP contribution in [0.1, 0.15) is 24.1 Å². The Balaban J connectivity index is 2.04. The van der Waals surface area contributed by atoms with Gasteiger partial charge in [-0.15, -0.1) is 0 Å². The first kappa shape index (κ1) is 14.6. The van der Waals surface area contributed by atoms with Crippen molar-refractivity contribution in [3.63, 3.8) is 0 Å². The zero-order chi connectivity index (χ0) is 15.2. The number of carbonyl (C=O) groups excluding carboxylic acids is 1. The summed E-state index contributed by atoms with van der Waals surface area (Å²) >= 11 is 0. The molecule has 1 aromatic heterocycles. The van der Waals surface area contributed by atoms with Crippen LogP contribution >= 0.6 is 0 Å². The van der Waals surface area contributed by atoms with Gasteiger partial charge < -0.3 is 5.32 Å². The number of rotatable bonds is 5. The van der Waals surface area contributed by atoms with Crippen LogP contribution in [-0.4, -0.2) is 15.8 Å². The van der Waals surface area contributed by atoms with Gasteiger partial charge in [0.15, 0.2) is 0 Å². The van der Waals surface area contributed by atoms with Crippen LogP contribution in [0.4, 0.5) is 5.69 Å². The molecule has 1 N–H and O–H groups in total. The van der Waals surface area contributed by atoms with Gasteiger partial charge in [-0.1, -0.05) is 18.2 Å². The maximum atomic E-state index is 12.0. The van der Waals surface area contributed by atoms with Crippen LogP contribution < -0.4 is 5.32 Å². The molecular weight excluding hydrogens is 270 g/mol. The third-order valence-electron chi connectivity index (χ3n) is 3.12. The molecule has 1 unspecified atom stereocenters. The number of para-hydroxylation sites is 1. The molecule has 0 saturated heterocycles. The lowest BCUT2D eigenvalue weighted by molar-refractivity contribution is -0.385. The number of nitrogens with one attached hydrogen (secondary N) is 1. The molecule has 0 spiro atoms. The lowest BCUT2D eigenvalue weighted by Gasteiger charge is -2.14. The fourth-order valence-corrected chi connectivity index (χ4v) is 2.04. The van der Waals surface area contributed by atoms with Crippen LogP contribution in [0.2, 0.25) is 0 Å². The normalized spacial score (nSPS) is 11.7. The minimum atomic E-state index is -0.477. The second kappa shape index (κ2) is 6.60. The molecule has 0 bridgehead atoms. The average Bonchev–Trinajstić information content (AvgIpc) is 2.48. The lowest BCUT2D eigenvalue weighted by atomic mass is 10.1. The molecule has 1 heterocycles. The van der Waals surface area contributed by atoms with Crippen LogP contribution in [0.5, 0.6) is 0 Å². The number of hydrogen-bond acceptors (Lipinski definition) is 4. The smallest absolute Gasteiger partial charge is 0.273 e. The topological polar surface area (TPSA) is 85.1 Å². The van der Waals surface area contributed by atoms with Crippen molar-refractivity contribution in [2.45, 2.75) is 19.4 Å². The van der Waals surface area contributed by atoms with Gasteiger partial charge in [0.05, 0.1) is 17.4 Å². The van der Waals surface area contributed by atoms with Gasteiger partial charge in [0, 0.05) is 24.0 Å². The molecule has 0 aliphatic carbocycles. The number of amides is 1. The number of nitro groups is 1. The van der Waals surface area contributed by atoms with Crippen molar-refractivity contribution in [2.24, 2.45) is 0 Å². The molecular formula is C15H15N3O3. The van der Waals surface area contributed by atoms with E-state index in [9.17, 15) is 14.9 Å². The van der Waals surface area contributed by atoms with E-state index in [0.29, 0.717) is 5.56 Å². The summed E-state index contributed by atoms with van der Waals surface area (Å²) in [5.74, 6) is -0.256. The first-order chi connectivity index (χ1) is 10.1. The fraction of sp³-hybridized carbons (Fsp3) is 0.200. The van der Waals surface area contributed by atoms with Gasteiger partial charge in [-0.05, 0) is 24.6 Å². The highest BCUT2D eigenvalue weighted by Gasteiger charge is 2.16. The van der Waals surface area contributed by atoms with Crippen LogP contribution in [0.15, 0.2) is 48.8 Å². The van der Waals surface area contributed by atoms with Gasteiger partial charge in [-0.3, -0.25) is 19.9 Å². The minimum Gasteiger partial charge on any atom is -0.349 e. The highest BCUT2D eigenvalue weighted by Crippen LogP contribution is 2.18. The third-order valence-corrected chi connectivity index (χ3v) is 3.12. The molecule has 0 saturated carbocycles. The van der Waals surface area contributed by atoms with E-state index in [1.807, 2.05) is 19.1 Å². The summed E-state index contributed by atoms with van der Waals surface area (Å²) < 4.78 is 0. The summed E-state index contributed by atoms with van der Waals surface area (Å²) in [4.78, 5) is 26.4. The van der Waals surface area contributed by atoms with Crippen LogP contribution in [0.25, 0.3) is 0 Å². The summed E-state index contributed by atoms with van der Waals surface area (Å²) in [6.07, 6.45) is 3.28. The van der Waals surface area contributed by atoms with E-state index < -0.39 is 4.92 Å². The number of nitro benzene ring substituents is 1. The SMILES string of the molecule is CC(NC(=O)Cc1ccccc1[N+](=O)[O-])c1ccncc1. The second-order valence-electron chi connectivity index (χ2n) is 4.63. The van der Waals surface area contributed by atoms with E-state index in [0.717, 1.165) is 5.56 Å². The minimum absolute atomic E-state index is 0.0213. The summed E-state index contributed by atoms with van der Waals surface area (Å²) in [5, 5.41) is 13.7. The molecule has 2 rings (SSSR count). The largest absolute Gasteiger partial charge is 0.349 e. The summed E-state index contributed by atoms with van der Waals surface area (Å²) in [6, 6.07) is 9.71. The van der Waals surface area contributed by atoms with Crippen LogP contribution in [-0.2, 0) is 11.2 Å². The maximum Gasteiger partial charge on any atom is 0.273 e. The predicted molar refractivity (Wildman–Crippen MR) is 77.6 cm³/mol. The Morgan fingerprint density at radius 1 is 1.29 bits per heavy atom. The lowest BCUT2D eigenvalue weighted by Crippen LogP contribution is -2.28. The molecule has 21 heavy (non-hydrogen) atoms. The Hall–Kier alpha value is -2.76. The molecule has 1 amide bonds. The van der Waals surface area contributed by atoms with E-state index in [4.69, 9.17) is 0 Å². The number of nitrogens with zero attached hydrogens (tertiary/aromatic N) is 2. The van der Waals surface area contributed by atoms with Crippen molar-refractivity contribution in [1.29, 1.82) is 0 Å². The maximum absolute atomic E-state index is 12.0. The molecule has 0 aliphatic rings. The molecule has 0 radical (unpaired) electrons. The number of carbonyl (C=O) groups is 1. The second-order valence-corrected chi connectivity index (χ2v) is 4.63. The van der Waals surface area contributed by atoms with E-state index in [1.54, 1.807) is 30.6 Å². The molecule has 0 aliphatic heterocycles. The monoisotopic (exact) mass is 285 g/mol. The van der Waals surface area contributed by atoms with Crippen molar-refractivity contribution in [2.75, 3.05) is 0 Å². The quantitative estimate of drug-likeness (QED) is 0.675. The summed E-state index contributed by atoms with van der Waals surface area (Å²) in [7, 11) is 0. The zero-order valence-corrected chi connectivity index (χ0v) is 11.5. The van der Waals surface area contributed by atoms with E-state index in [-0.39, 0.29) is 24.1 Å². The van der Waals surface area contributed by atoms with Gasteiger partial charge in [-0.2, -0.15) is 0 Å². The summed E-state index contributed by atoms with van der Waals surface area (Å²) in [5.41, 5.74) is 1.30. The number of aromatic nitrogens is 1. The predicted octanol–water partition coefficient (Wildman–Crippen LogP) is 2.41. The Morgan fingerprint density at radius 3 is 2.62 bits per heavy atom. The Morgan fingerprint density at radius 2 is 1.95 bits per heavy atom. The molecule has 1 aromatic carbocycles. The first-order valence-corrected chi connectivity index (χ1v) is 6.49. The van der Waals surface area contributed by atoms with Gasteiger partial charge in [-0.25, -0.2) is 0 Å². The standard InChI is InChI=1S/C15H15N3O3/c1-11(12-6-8-16-9-7-12)17-15(19)10-13-4-2-3-5-14(13)18(20)21/h2-9,11H,10H2,1H3,(H,17,19). The highest BCUT2D eigenvalue weighted by atomic mass is 16.6. The fourth-order valence-electron chi connectivity index (χ4n) is 2.04. The Bertz CT molecular complexity index is 644. The molecule has 108 valence electrons. The van der Waals surface area contributed by atoms with Gasteiger partial charge in [0.25, 0.3) is 5.69 Å². The van der Waals surface area contributed by atoms with Crippen molar-refractivity contribution in [3.8, 4) is 0 Å². The van der Waals surface area contributed by atoms with Crippen molar-refractivity contribution >= 4 is 11.6 Å². The highest BCUT2D eigenvalue weighted by molar-refractivity contribution is 5.80. The average molecular weight is 285 g/mol. The van der Waals surface area contributed by atoms with E-state index in [1.165, 1.54) is 6.07 Å². The number of hydrogen-bond donors (Lipinski definition) is 1. The van der Waals surface area contributed by atoms with E-state index in [2.05, 4.69) is 10.3 Å². The third kappa shape index (κ3) is 3.85. The van der Waals surface area contributed by atoms with Gasteiger partial charge >= 0.3 is 0 Å². The molecule has 2 aromatic rings. The van der Waals surface area contributed by atoms with Crippen LogP contribution in [0.3, 0.4) is 0 Å². The molecule has 6 nitrogen and oxygen atoms in total. The van der Waals surface area contributed by atoms with Crippen molar-refractivity contribution in [3.05, 3.63) is 70.0 Å². The van der Waals surface area contributed by atoms with Gasteiger partial charge in [0.1, 0.15) is 0 Å². The Labute approximate surface area is 122 Å². The van der Waals surface area contributed by atoms with Crippen molar-refractivity contribution < 1.29 is 9.72 Å². The van der Waals surface area contributed by atoms with E-state index >= 15 is 0 Å².